The molecule has 96 valence electrons. The summed E-state index contributed by atoms with van der Waals surface area (Å²) < 4.78 is 3.44. The molecule has 0 aliphatic heterocycles. The lowest BCUT2D eigenvalue weighted by molar-refractivity contribution is 0.588. The molecule has 0 aliphatic rings. The first-order chi connectivity index (χ1) is 8.65. The molecule has 0 radical (unpaired) electrons. The molecule has 2 aromatic heterocycles. The molecule has 0 aliphatic carbocycles. The minimum atomic E-state index is -0.277. The van der Waals surface area contributed by atoms with Crippen molar-refractivity contribution >= 4 is 11.6 Å². The first-order valence-electron chi connectivity index (χ1n) is 5.92. The maximum atomic E-state index is 11.8. The van der Waals surface area contributed by atoms with Gasteiger partial charge in [0.05, 0.1) is 17.9 Å². The van der Waals surface area contributed by atoms with E-state index >= 15 is 0 Å². The Bertz CT molecular complexity index is 602. The number of aromatic nitrogens is 4. The molecule has 0 atom stereocenters. The van der Waals surface area contributed by atoms with E-state index in [1.54, 1.807) is 6.20 Å². The van der Waals surface area contributed by atoms with Gasteiger partial charge in [0, 0.05) is 18.9 Å². The van der Waals surface area contributed by atoms with Crippen molar-refractivity contribution in [2.45, 2.75) is 33.4 Å². The lowest BCUT2D eigenvalue weighted by atomic mass is 10.3. The van der Waals surface area contributed by atoms with Crippen LogP contribution in [0.25, 0.3) is 0 Å². The highest BCUT2D eigenvalue weighted by Crippen LogP contribution is 2.07. The molecule has 0 amide bonds. The molecule has 2 heterocycles. The second-order valence-corrected chi connectivity index (χ2v) is 4.31. The highest BCUT2D eigenvalue weighted by molar-refractivity contribution is 6.29. The van der Waals surface area contributed by atoms with Gasteiger partial charge in [-0.3, -0.25) is 9.48 Å². The molecule has 0 bridgehead atoms. The van der Waals surface area contributed by atoms with Crippen LogP contribution in [0.5, 0.6) is 0 Å². The van der Waals surface area contributed by atoms with Crippen molar-refractivity contribution in [2.24, 2.45) is 0 Å². The third-order valence-electron chi connectivity index (χ3n) is 2.78. The van der Waals surface area contributed by atoms with E-state index in [0.717, 1.165) is 24.4 Å². The summed E-state index contributed by atoms with van der Waals surface area (Å²) in [6, 6.07) is 2.02. The van der Waals surface area contributed by atoms with Gasteiger partial charge >= 0.3 is 0 Å². The van der Waals surface area contributed by atoms with Gasteiger partial charge in [0.25, 0.3) is 5.56 Å². The minimum absolute atomic E-state index is 0.00391. The second-order valence-electron chi connectivity index (χ2n) is 3.95. The van der Waals surface area contributed by atoms with Crippen LogP contribution < -0.4 is 5.56 Å². The Morgan fingerprint density at radius 2 is 2.17 bits per heavy atom. The Balaban J connectivity index is 2.36. The van der Waals surface area contributed by atoms with Crippen molar-refractivity contribution in [2.75, 3.05) is 0 Å². The molecule has 5 nitrogen and oxygen atoms in total. The quantitative estimate of drug-likeness (QED) is 0.847. The number of halogens is 1. The third kappa shape index (κ3) is 2.46. The summed E-state index contributed by atoms with van der Waals surface area (Å²) in [5.41, 5.74) is 1.75. The van der Waals surface area contributed by atoms with Crippen molar-refractivity contribution < 1.29 is 0 Å². The van der Waals surface area contributed by atoms with E-state index in [2.05, 4.69) is 17.0 Å². The molecular weight excluding hydrogens is 252 g/mol. The number of hydrogen-bond donors (Lipinski definition) is 0. The Morgan fingerprint density at radius 1 is 1.39 bits per heavy atom. The molecule has 0 spiro atoms. The summed E-state index contributed by atoms with van der Waals surface area (Å²) in [4.78, 5) is 15.5. The van der Waals surface area contributed by atoms with Crippen molar-refractivity contribution in [1.29, 1.82) is 0 Å². The molecule has 2 rings (SSSR count). The molecule has 2 aromatic rings. The number of aryl methyl sites for hydroxylation is 2. The van der Waals surface area contributed by atoms with Gasteiger partial charge in [-0.1, -0.05) is 18.5 Å². The van der Waals surface area contributed by atoms with Crippen LogP contribution in [0.3, 0.4) is 0 Å². The van der Waals surface area contributed by atoms with E-state index in [-0.39, 0.29) is 10.7 Å². The lowest BCUT2D eigenvalue weighted by Crippen LogP contribution is -2.22. The van der Waals surface area contributed by atoms with Crippen molar-refractivity contribution in [3.63, 3.8) is 0 Å². The van der Waals surface area contributed by atoms with Gasteiger partial charge in [-0.15, -0.1) is 0 Å². The summed E-state index contributed by atoms with van der Waals surface area (Å²) in [5, 5.41) is 4.44. The molecule has 0 fully saturated rings. The Morgan fingerprint density at radius 3 is 2.83 bits per heavy atom. The van der Waals surface area contributed by atoms with E-state index in [1.165, 1.54) is 10.8 Å². The van der Waals surface area contributed by atoms with E-state index in [9.17, 15) is 4.79 Å². The zero-order valence-electron chi connectivity index (χ0n) is 10.4. The number of hydrogen-bond acceptors (Lipinski definition) is 3. The van der Waals surface area contributed by atoms with Crippen LogP contribution in [0.15, 0.2) is 23.3 Å². The highest BCUT2D eigenvalue weighted by atomic mass is 35.5. The molecule has 0 saturated heterocycles. The highest BCUT2D eigenvalue weighted by Gasteiger charge is 2.08. The fourth-order valence-electron chi connectivity index (χ4n) is 1.81. The van der Waals surface area contributed by atoms with E-state index < -0.39 is 0 Å². The zero-order valence-corrected chi connectivity index (χ0v) is 11.2. The third-order valence-corrected chi connectivity index (χ3v) is 3.04. The van der Waals surface area contributed by atoms with Gasteiger partial charge < -0.3 is 4.57 Å². The average molecular weight is 267 g/mol. The normalized spacial score (nSPS) is 10.8. The van der Waals surface area contributed by atoms with Crippen LogP contribution in [0.2, 0.25) is 5.15 Å². The van der Waals surface area contributed by atoms with Gasteiger partial charge in [-0.05, 0) is 19.4 Å². The Kier molecular flexibility index (Phi) is 3.81. The monoisotopic (exact) mass is 266 g/mol. The van der Waals surface area contributed by atoms with Gasteiger partial charge in [-0.25, -0.2) is 4.98 Å². The first kappa shape index (κ1) is 12.8. The van der Waals surface area contributed by atoms with Crippen LogP contribution in [-0.4, -0.2) is 19.3 Å². The van der Waals surface area contributed by atoms with E-state index in [0.29, 0.717) is 6.54 Å². The van der Waals surface area contributed by atoms with Crippen LogP contribution in [0.4, 0.5) is 0 Å². The molecule has 0 N–H and O–H groups in total. The van der Waals surface area contributed by atoms with Crippen LogP contribution in [0, 0.1) is 0 Å². The zero-order chi connectivity index (χ0) is 13.1. The van der Waals surface area contributed by atoms with Gasteiger partial charge in [0.2, 0.25) is 0 Å². The fourth-order valence-corrected chi connectivity index (χ4v) is 1.97. The summed E-state index contributed by atoms with van der Waals surface area (Å²) in [7, 11) is 0. The minimum Gasteiger partial charge on any atom is -0.305 e. The predicted octanol–water partition coefficient (Wildman–Crippen LogP) is 1.72. The molecular formula is C12H15ClN4O. The van der Waals surface area contributed by atoms with Crippen molar-refractivity contribution in [1.82, 2.24) is 19.3 Å². The van der Waals surface area contributed by atoms with Crippen molar-refractivity contribution in [3.8, 4) is 0 Å². The van der Waals surface area contributed by atoms with Crippen molar-refractivity contribution in [3.05, 3.63) is 45.4 Å². The van der Waals surface area contributed by atoms with Crippen LogP contribution >= 0.6 is 11.6 Å². The smallest absolute Gasteiger partial charge is 0.288 e. The maximum Gasteiger partial charge on any atom is 0.288 e. The number of nitrogens with zero attached hydrogens (tertiary/aromatic N) is 4. The van der Waals surface area contributed by atoms with E-state index in [4.69, 9.17) is 11.6 Å². The molecule has 0 saturated carbocycles. The summed E-state index contributed by atoms with van der Waals surface area (Å²) in [6.45, 7) is 5.32. The van der Waals surface area contributed by atoms with Gasteiger partial charge in [0.1, 0.15) is 0 Å². The largest absolute Gasteiger partial charge is 0.305 e. The molecule has 18 heavy (non-hydrogen) atoms. The standard InChI is InChI=1S/C12H15ClN4O/c1-3-9-7-10(17(4-2)15-9)8-16-6-5-14-11(13)12(16)18/h5-7H,3-4,8H2,1-2H3. The lowest BCUT2D eigenvalue weighted by Gasteiger charge is -2.07. The average Bonchev–Trinajstić information content (AvgIpc) is 2.77. The van der Waals surface area contributed by atoms with Gasteiger partial charge in [0.15, 0.2) is 5.15 Å². The van der Waals surface area contributed by atoms with Gasteiger partial charge in [-0.2, -0.15) is 5.10 Å². The predicted molar refractivity (Wildman–Crippen MR) is 69.9 cm³/mol. The number of rotatable bonds is 4. The van der Waals surface area contributed by atoms with Crippen LogP contribution in [0.1, 0.15) is 25.2 Å². The SMILES string of the molecule is CCc1cc(Cn2ccnc(Cl)c2=O)n(CC)n1. The van der Waals surface area contributed by atoms with Crippen LogP contribution in [-0.2, 0) is 19.5 Å². The molecule has 0 unspecified atom stereocenters. The summed E-state index contributed by atoms with van der Waals surface area (Å²) in [5.74, 6) is 0. The summed E-state index contributed by atoms with van der Waals surface area (Å²) in [6.07, 6.45) is 4.04. The Hall–Kier alpha value is -1.62. The summed E-state index contributed by atoms with van der Waals surface area (Å²) >= 11 is 5.72. The molecule has 0 aromatic carbocycles. The molecule has 6 heteroatoms. The first-order valence-corrected chi connectivity index (χ1v) is 6.30. The Labute approximate surface area is 110 Å². The maximum absolute atomic E-state index is 11.8. The fraction of sp³-hybridized carbons (Fsp3) is 0.417. The van der Waals surface area contributed by atoms with E-state index in [1.807, 2.05) is 17.7 Å². The second kappa shape index (κ2) is 5.35. The topological polar surface area (TPSA) is 52.7 Å².